The first-order valence-electron chi connectivity index (χ1n) is 7.07. The van der Waals surface area contributed by atoms with Gasteiger partial charge in [0.05, 0.1) is 14.2 Å². The molecule has 0 heterocycles. The van der Waals surface area contributed by atoms with E-state index in [0.717, 1.165) is 7.11 Å². The first-order valence-corrected chi connectivity index (χ1v) is 7.07. The van der Waals surface area contributed by atoms with E-state index in [1.165, 1.54) is 14.0 Å². The lowest BCUT2D eigenvalue weighted by atomic mass is 10.0. The average molecular weight is 323 g/mol. The third kappa shape index (κ3) is 5.71. The third-order valence-electron chi connectivity index (χ3n) is 3.25. The molecular weight excluding hydrogens is 302 g/mol. The van der Waals surface area contributed by atoms with Gasteiger partial charge in [0.2, 0.25) is 5.91 Å². The van der Waals surface area contributed by atoms with Crippen LogP contribution in [0.3, 0.4) is 0 Å². The van der Waals surface area contributed by atoms with E-state index in [-0.39, 0.29) is 18.6 Å². The Balaban J connectivity index is 2.85. The second kappa shape index (κ2) is 8.89. The van der Waals surface area contributed by atoms with Crippen LogP contribution in [0.15, 0.2) is 24.3 Å². The van der Waals surface area contributed by atoms with Gasteiger partial charge in [0.1, 0.15) is 17.6 Å². The Morgan fingerprint density at radius 3 is 2.22 bits per heavy atom. The van der Waals surface area contributed by atoms with Crippen LogP contribution in [0.1, 0.15) is 31.4 Å². The van der Waals surface area contributed by atoms with Crippen molar-refractivity contribution in [3.05, 3.63) is 29.8 Å². The molecule has 7 heteroatoms. The van der Waals surface area contributed by atoms with Gasteiger partial charge < -0.3 is 24.7 Å². The summed E-state index contributed by atoms with van der Waals surface area (Å²) in [5.41, 5.74) is 0.424. The molecule has 2 atom stereocenters. The Kier molecular flexibility index (Phi) is 7.21. The minimum absolute atomic E-state index is 0.0574. The number of esters is 1. The number of nitrogens with one attached hydrogen (secondary N) is 1. The van der Waals surface area contributed by atoms with E-state index in [4.69, 9.17) is 4.74 Å². The Bertz CT molecular complexity index is 554. The van der Waals surface area contributed by atoms with E-state index in [0.29, 0.717) is 11.3 Å². The quantitative estimate of drug-likeness (QED) is 0.685. The Morgan fingerprint density at radius 2 is 1.74 bits per heavy atom. The predicted molar refractivity (Wildman–Crippen MR) is 81.8 cm³/mol. The van der Waals surface area contributed by atoms with Crippen LogP contribution in [0.2, 0.25) is 0 Å². The molecule has 0 saturated carbocycles. The number of ether oxygens (including phenoxy) is 2. The highest BCUT2D eigenvalue weighted by Crippen LogP contribution is 2.21. The van der Waals surface area contributed by atoms with Gasteiger partial charge >= 0.3 is 5.97 Å². The maximum Gasteiger partial charge on any atom is 0.331 e. The molecule has 0 radical (unpaired) electrons. The molecule has 0 aliphatic heterocycles. The van der Waals surface area contributed by atoms with Crippen LogP contribution in [0.25, 0.3) is 0 Å². The van der Waals surface area contributed by atoms with Gasteiger partial charge in [0.25, 0.3) is 0 Å². The molecule has 0 aromatic heterocycles. The Hall–Kier alpha value is -2.41. The second-order valence-corrected chi connectivity index (χ2v) is 4.99. The van der Waals surface area contributed by atoms with Crippen molar-refractivity contribution in [2.45, 2.75) is 31.9 Å². The number of rotatable bonds is 8. The fraction of sp³-hybridized carbons (Fsp3) is 0.438. The number of ketones is 1. The normalized spacial score (nSPS) is 12.9. The number of hydrogen-bond acceptors (Lipinski definition) is 6. The summed E-state index contributed by atoms with van der Waals surface area (Å²) in [5.74, 6) is -0.820. The van der Waals surface area contributed by atoms with Crippen LogP contribution in [0.4, 0.5) is 0 Å². The van der Waals surface area contributed by atoms with E-state index in [9.17, 15) is 19.5 Å². The topological polar surface area (TPSA) is 102 Å². The fourth-order valence-corrected chi connectivity index (χ4v) is 1.92. The van der Waals surface area contributed by atoms with Gasteiger partial charge in [-0.25, -0.2) is 4.79 Å². The zero-order valence-electron chi connectivity index (χ0n) is 13.4. The molecule has 1 rings (SSSR count). The smallest absolute Gasteiger partial charge is 0.331 e. The summed E-state index contributed by atoms with van der Waals surface area (Å²) in [6, 6.07) is 5.17. The van der Waals surface area contributed by atoms with E-state index < -0.39 is 24.0 Å². The molecule has 0 fully saturated rings. The summed E-state index contributed by atoms with van der Waals surface area (Å²) in [6.07, 6.45) is -1.27. The maximum absolute atomic E-state index is 11.8. The molecular formula is C16H21NO6. The molecule has 0 spiro atoms. The van der Waals surface area contributed by atoms with Crippen LogP contribution in [0.5, 0.6) is 5.75 Å². The van der Waals surface area contributed by atoms with E-state index in [1.807, 2.05) is 0 Å². The number of hydrogen-bond donors (Lipinski definition) is 2. The number of carbonyl (C=O) groups excluding carboxylic acids is 3. The Labute approximate surface area is 134 Å². The third-order valence-corrected chi connectivity index (χ3v) is 3.25. The number of amides is 1. The van der Waals surface area contributed by atoms with Crippen molar-refractivity contribution in [3.8, 4) is 5.75 Å². The molecule has 0 aliphatic carbocycles. The zero-order valence-corrected chi connectivity index (χ0v) is 13.4. The summed E-state index contributed by atoms with van der Waals surface area (Å²) < 4.78 is 9.64. The number of carbonyl (C=O) groups is 3. The van der Waals surface area contributed by atoms with Gasteiger partial charge in [0.15, 0.2) is 6.04 Å². The molecule has 126 valence electrons. The van der Waals surface area contributed by atoms with Gasteiger partial charge in [-0.2, -0.15) is 0 Å². The molecule has 0 saturated heterocycles. The van der Waals surface area contributed by atoms with Gasteiger partial charge in [-0.1, -0.05) is 12.1 Å². The van der Waals surface area contributed by atoms with Crippen LogP contribution < -0.4 is 10.1 Å². The molecule has 1 aromatic rings. The van der Waals surface area contributed by atoms with Crippen molar-refractivity contribution in [2.75, 3.05) is 14.2 Å². The van der Waals surface area contributed by atoms with Crippen LogP contribution in [-0.4, -0.2) is 43.0 Å². The summed E-state index contributed by atoms with van der Waals surface area (Å²) in [4.78, 5) is 34.6. The lowest BCUT2D eigenvalue weighted by Crippen LogP contribution is -2.45. The summed E-state index contributed by atoms with van der Waals surface area (Å²) in [7, 11) is 2.68. The van der Waals surface area contributed by atoms with E-state index >= 15 is 0 Å². The standard InChI is InChI=1S/C16H21NO6/c1-10(18)4-9-13(19)17-14(16(21)23-3)15(20)11-5-7-12(22-2)8-6-11/h5-8,14-15,20H,4,9H2,1-3H3,(H,17,19). The van der Waals surface area contributed by atoms with Crippen molar-refractivity contribution in [2.24, 2.45) is 0 Å². The predicted octanol–water partition coefficient (Wildman–Crippen LogP) is 0.756. The summed E-state index contributed by atoms with van der Waals surface area (Å²) in [6.45, 7) is 1.37. The fourth-order valence-electron chi connectivity index (χ4n) is 1.92. The van der Waals surface area contributed by atoms with Crippen molar-refractivity contribution in [1.29, 1.82) is 0 Å². The van der Waals surface area contributed by atoms with Gasteiger partial charge in [-0.15, -0.1) is 0 Å². The summed E-state index contributed by atoms with van der Waals surface area (Å²) in [5, 5.41) is 12.8. The molecule has 2 unspecified atom stereocenters. The number of benzene rings is 1. The highest BCUT2D eigenvalue weighted by molar-refractivity contribution is 5.87. The van der Waals surface area contributed by atoms with Crippen LogP contribution in [-0.2, 0) is 19.1 Å². The number of aliphatic hydroxyl groups excluding tert-OH is 1. The van der Waals surface area contributed by atoms with Gasteiger partial charge in [-0.05, 0) is 24.6 Å². The highest BCUT2D eigenvalue weighted by atomic mass is 16.5. The highest BCUT2D eigenvalue weighted by Gasteiger charge is 2.30. The second-order valence-electron chi connectivity index (χ2n) is 4.99. The van der Waals surface area contributed by atoms with Crippen LogP contribution >= 0.6 is 0 Å². The van der Waals surface area contributed by atoms with Crippen molar-refractivity contribution in [1.82, 2.24) is 5.32 Å². The molecule has 2 N–H and O–H groups in total. The zero-order chi connectivity index (χ0) is 17.4. The number of aliphatic hydroxyl groups is 1. The van der Waals surface area contributed by atoms with Gasteiger partial charge in [0, 0.05) is 12.8 Å². The summed E-state index contributed by atoms with van der Waals surface area (Å²) >= 11 is 0. The van der Waals surface area contributed by atoms with Crippen molar-refractivity contribution in [3.63, 3.8) is 0 Å². The number of Topliss-reactive ketones (excluding diaryl/α,β-unsaturated/α-hetero) is 1. The molecule has 23 heavy (non-hydrogen) atoms. The number of methoxy groups -OCH3 is 2. The lowest BCUT2D eigenvalue weighted by Gasteiger charge is -2.22. The molecule has 0 bridgehead atoms. The average Bonchev–Trinajstić information content (AvgIpc) is 2.56. The van der Waals surface area contributed by atoms with Crippen molar-refractivity contribution < 1.29 is 29.0 Å². The van der Waals surface area contributed by atoms with E-state index in [2.05, 4.69) is 10.1 Å². The maximum atomic E-state index is 11.8. The van der Waals surface area contributed by atoms with Gasteiger partial charge in [-0.3, -0.25) is 4.79 Å². The molecule has 7 nitrogen and oxygen atoms in total. The minimum atomic E-state index is -1.28. The molecule has 0 aliphatic rings. The first kappa shape index (κ1) is 18.6. The SMILES string of the molecule is COC(=O)C(NC(=O)CCC(C)=O)C(O)c1ccc(OC)cc1. The largest absolute Gasteiger partial charge is 0.497 e. The lowest BCUT2D eigenvalue weighted by molar-refractivity contribution is -0.148. The Morgan fingerprint density at radius 1 is 1.13 bits per heavy atom. The van der Waals surface area contributed by atoms with Crippen LogP contribution in [0, 0.1) is 0 Å². The monoisotopic (exact) mass is 323 g/mol. The first-order chi connectivity index (χ1) is 10.9. The minimum Gasteiger partial charge on any atom is -0.497 e. The molecule has 1 amide bonds. The van der Waals surface area contributed by atoms with Crippen molar-refractivity contribution >= 4 is 17.7 Å². The molecule has 1 aromatic carbocycles. The van der Waals surface area contributed by atoms with E-state index in [1.54, 1.807) is 24.3 Å².